The Labute approximate surface area is 168 Å². The predicted octanol–water partition coefficient (Wildman–Crippen LogP) is 5.26. The molecule has 0 aliphatic rings. The highest BCUT2D eigenvalue weighted by atomic mass is 16.5. The average molecular weight is 396 g/mol. The van der Waals surface area contributed by atoms with Crippen molar-refractivity contribution in [1.29, 1.82) is 0 Å². The van der Waals surface area contributed by atoms with Gasteiger partial charge in [-0.1, -0.05) is 26.0 Å². The highest BCUT2D eigenvalue weighted by Gasteiger charge is 2.29. The molecule has 152 valence electrons. The van der Waals surface area contributed by atoms with Gasteiger partial charge in [0.15, 0.2) is 5.60 Å². The zero-order valence-corrected chi connectivity index (χ0v) is 17.1. The van der Waals surface area contributed by atoms with E-state index in [4.69, 9.17) is 13.9 Å². The predicted molar refractivity (Wildman–Crippen MR) is 110 cm³/mol. The fraction of sp³-hybridized carbons (Fsp3) is 0.304. The SMILES string of the molecule is Cc1ccc(C(C)C)c(Oc2coc3cc(OC(C)(C)C(=O)O)ccc3c2=O)c1. The molecule has 6 heteroatoms. The van der Waals surface area contributed by atoms with Gasteiger partial charge in [0.25, 0.3) is 0 Å². The van der Waals surface area contributed by atoms with E-state index in [0.717, 1.165) is 11.1 Å². The van der Waals surface area contributed by atoms with Crippen molar-refractivity contribution in [2.24, 2.45) is 0 Å². The van der Waals surface area contributed by atoms with Crippen molar-refractivity contribution in [2.45, 2.75) is 46.1 Å². The smallest absolute Gasteiger partial charge is 0.347 e. The van der Waals surface area contributed by atoms with Crippen molar-refractivity contribution in [3.8, 4) is 17.2 Å². The number of aliphatic carboxylic acids is 1. The van der Waals surface area contributed by atoms with Gasteiger partial charge in [0.1, 0.15) is 23.3 Å². The van der Waals surface area contributed by atoms with Crippen LogP contribution >= 0.6 is 0 Å². The Hall–Kier alpha value is -3.28. The molecule has 0 bridgehead atoms. The van der Waals surface area contributed by atoms with Crippen LogP contribution in [0.5, 0.6) is 17.2 Å². The van der Waals surface area contributed by atoms with E-state index in [0.29, 0.717) is 16.9 Å². The molecule has 0 amide bonds. The molecule has 0 saturated heterocycles. The summed E-state index contributed by atoms with van der Waals surface area (Å²) in [6.45, 7) is 8.96. The third-order valence-electron chi connectivity index (χ3n) is 4.61. The number of fused-ring (bicyclic) bond motifs is 1. The third-order valence-corrected chi connectivity index (χ3v) is 4.61. The van der Waals surface area contributed by atoms with Gasteiger partial charge >= 0.3 is 5.97 Å². The first-order valence-corrected chi connectivity index (χ1v) is 9.35. The fourth-order valence-electron chi connectivity index (χ4n) is 2.89. The molecule has 0 aliphatic heterocycles. The standard InChI is InChI=1S/C23H24O6/c1-13(2)16-8-6-14(3)10-19(16)28-20-12-27-18-11-15(7-9-17(18)21(20)24)29-23(4,5)22(25)26/h6-13H,1-5H3,(H,25,26). The van der Waals surface area contributed by atoms with Crippen LogP contribution < -0.4 is 14.9 Å². The first-order valence-electron chi connectivity index (χ1n) is 9.35. The van der Waals surface area contributed by atoms with Crippen LogP contribution in [0, 0.1) is 6.92 Å². The van der Waals surface area contributed by atoms with Gasteiger partial charge in [-0.25, -0.2) is 4.79 Å². The van der Waals surface area contributed by atoms with E-state index in [1.54, 1.807) is 12.1 Å². The number of benzene rings is 2. The lowest BCUT2D eigenvalue weighted by Crippen LogP contribution is -2.37. The molecule has 6 nitrogen and oxygen atoms in total. The zero-order valence-electron chi connectivity index (χ0n) is 17.1. The molecule has 29 heavy (non-hydrogen) atoms. The van der Waals surface area contributed by atoms with Crippen LogP contribution in [-0.2, 0) is 4.79 Å². The van der Waals surface area contributed by atoms with Gasteiger partial charge in [-0.15, -0.1) is 0 Å². The van der Waals surface area contributed by atoms with Crippen LogP contribution in [0.15, 0.2) is 51.9 Å². The summed E-state index contributed by atoms with van der Waals surface area (Å²) in [5.74, 6) is 0.138. The van der Waals surface area contributed by atoms with Crippen molar-refractivity contribution in [1.82, 2.24) is 0 Å². The van der Waals surface area contributed by atoms with Gasteiger partial charge in [0.2, 0.25) is 11.2 Å². The van der Waals surface area contributed by atoms with Gasteiger partial charge in [-0.2, -0.15) is 0 Å². The first kappa shape index (κ1) is 20.5. The summed E-state index contributed by atoms with van der Waals surface area (Å²) < 4.78 is 17.0. The van der Waals surface area contributed by atoms with E-state index < -0.39 is 11.6 Å². The summed E-state index contributed by atoms with van der Waals surface area (Å²) in [6, 6.07) is 10.5. The van der Waals surface area contributed by atoms with E-state index in [9.17, 15) is 14.7 Å². The molecule has 0 spiro atoms. The summed E-state index contributed by atoms with van der Waals surface area (Å²) in [4.78, 5) is 24.1. The minimum atomic E-state index is -1.41. The molecular weight excluding hydrogens is 372 g/mol. The Bertz CT molecular complexity index is 1120. The van der Waals surface area contributed by atoms with E-state index in [2.05, 4.69) is 13.8 Å². The van der Waals surface area contributed by atoms with E-state index in [-0.39, 0.29) is 22.7 Å². The van der Waals surface area contributed by atoms with E-state index in [1.807, 2.05) is 25.1 Å². The molecule has 3 aromatic rings. The van der Waals surface area contributed by atoms with Gasteiger partial charge in [-0.3, -0.25) is 4.79 Å². The molecule has 0 aliphatic carbocycles. The van der Waals surface area contributed by atoms with Crippen LogP contribution in [0.4, 0.5) is 0 Å². The highest BCUT2D eigenvalue weighted by Crippen LogP contribution is 2.31. The van der Waals surface area contributed by atoms with Crippen LogP contribution in [0.3, 0.4) is 0 Å². The molecule has 0 fully saturated rings. The van der Waals surface area contributed by atoms with Crippen molar-refractivity contribution < 1.29 is 23.8 Å². The zero-order chi connectivity index (χ0) is 21.3. The Morgan fingerprint density at radius 1 is 1.10 bits per heavy atom. The average Bonchev–Trinajstić information content (AvgIpc) is 2.63. The van der Waals surface area contributed by atoms with Crippen LogP contribution in [-0.4, -0.2) is 16.7 Å². The Morgan fingerprint density at radius 3 is 2.48 bits per heavy atom. The van der Waals surface area contributed by atoms with Crippen molar-refractivity contribution in [3.05, 3.63) is 64.0 Å². The molecule has 1 N–H and O–H groups in total. The van der Waals surface area contributed by atoms with Crippen molar-refractivity contribution in [3.63, 3.8) is 0 Å². The molecule has 0 unspecified atom stereocenters. The second-order valence-corrected chi connectivity index (χ2v) is 7.80. The van der Waals surface area contributed by atoms with E-state index in [1.165, 1.54) is 26.2 Å². The molecular formula is C23H24O6. The normalized spacial score (nSPS) is 11.7. The number of ether oxygens (including phenoxy) is 2. The second-order valence-electron chi connectivity index (χ2n) is 7.80. The number of hydrogen-bond acceptors (Lipinski definition) is 5. The maximum absolute atomic E-state index is 12.9. The fourth-order valence-corrected chi connectivity index (χ4v) is 2.89. The van der Waals surface area contributed by atoms with Gasteiger partial charge in [-0.05, 0) is 56.0 Å². The Morgan fingerprint density at radius 2 is 1.83 bits per heavy atom. The Balaban J connectivity index is 1.98. The maximum atomic E-state index is 12.9. The number of carboxylic acids is 1. The van der Waals surface area contributed by atoms with Crippen LogP contribution in [0.25, 0.3) is 11.0 Å². The minimum absolute atomic E-state index is 0.0875. The van der Waals surface area contributed by atoms with Crippen LogP contribution in [0.2, 0.25) is 0 Å². The maximum Gasteiger partial charge on any atom is 0.347 e. The lowest BCUT2D eigenvalue weighted by Gasteiger charge is -2.21. The topological polar surface area (TPSA) is 86.0 Å². The van der Waals surface area contributed by atoms with Crippen molar-refractivity contribution in [2.75, 3.05) is 0 Å². The summed E-state index contributed by atoms with van der Waals surface area (Å²) >= 11 is 0. The number of aryl methyl sites for hydroxylation is 1. The van der Waals surface area contributed by atoms with Gasteiger partial charge in [0.05, 0.1) is 5.39 Å². The molecule has 3 rings (SSSR count). The highest BCUT2D eigenvalue weighted by molar-refractivity contribution is 5.80. The lowest BCUT2D eigenvalue weighted by atomic mass is 10.0. The first-order chi connectivity index (χ1) is 13.6. The lowest BCUT2D eigenvalue weighted by molar-refractivity contribution is -0.152. The Kier molecular flexibility index (Phi) is 5.38. The van der Waals surface area contributed by atoms with Crippen LogP contribution in [0.1, 0.15) is 44.7 Å². The number of carboxylic acid groups (broad SMARTS) is 1. The summed E-state index contributed by atoms with van der Waals surface area (Å²) in [6.07, 6.45) is 1.27. The molecule has 0 saturated carbocycles. The largest absolute Gasteiger partial charge is 0.478 e. The number of carbonyl (C=O) groups is 1. The number of hydrogen-bond donors (Lipinski definition) is 1. The quantitative estimate of drug-likeness (QED) is 0.612. The molecule has 1 heterocycles. The summed E-state index contributed by atoms with van der Waals surface area (Å²) in [5.41, 5.74) is 0.586. The van der Waals surface area contributed by atoms with Gasteiger partial charge in [0, 0.05) is 6.07 Å². The summed E-state index contributed by atoms with van der Waals surface area (Å²) in [7, 11) is 0. The monoisotopic (exact) mass is 396 g/mol. The third kappa shape index (κ3) is 4.26. The molecule has 2 aromatic carbocycles. The minimum Gasteiger partial charge on any atom is -0.478 e. The van der Waals surface area contributed by atoms with Crippen molar-refractivity contribution >= 4 is 16.9 Å². The molecule has 1 aromatic heterocycles. The molecule has 0 atom stereocenters. The van der Waals surface area contributed by atoms with E-state index >= 15 is 0 Å². The molecule has 0 radical (unpaired) electrons. The van der Waals surface area contributed by atoms with Gasteiger partial charge < -0.3 is 19.0 Å². The second kappa shape index (κ2) is 7.62. The summed E-state index contributed by atoms with van der Waals surface area (Å²) in [5, 5.41) is 9.52. The number of rotatable bonds is 6.